The molecule has 0 spiro atoms. The molecule has 0 bridgehead atoms. The topological polar surface area (TPSA) is 76.0 Å². The minimum atomic E-state index is -0.937. The van der Waals surface area contributed by atoms with Crippen LogP contribution in [0.4, 0.5) is 0 Å². The molecule has 5 nitrogen and oxygen atoms in total. The lowest BCUT2D eigenvalue weighted by Crippen LogP contribution is -2.10. The van der Waals surface area contributed by atoms with Crippen molar-refractivity contribution in [3.63, 3.8) is 0 Å². The first-order valence-corrected chi connectivity index (χ1v) is 4.90. The Labute approximate surface area is 92.2 Å². The van der Waals surface area contributed by atoms with Crippen LogP contribution >= 0.6 is 0 Å². The fraction of sp³-hybridized carbons (Fsp3) is 0.364. The van der Waals surface area contributed by atoms with E-state index in [2.05, 4.69) is 0 Å². The molecule has 1 heterocycles. The van der Waals surface area contributed by atoms with Crippen LogP contribution in [0, 0.1) is 0 Å². The minimum Gasteiger partial charge on any atom is -0.481 e. The molecule has 0 radical (unpaired) electrons. The number of carboxylic acid groups (broad SMARTS) is 1. The second-order valence-corrected chi connectivity index (χ2v) is 3.59. The van der Waals surface area contributed by atoms with Gasteiger partial charge in [-0.25, -0.2) is 0 Å². The van der Waals surface area contributed by atoms with E-state index in [9.17, 15) is 9.90 Å². The lowest BCUT2D eigenvalue weighted by molar-refractivity contribution is -0.138. The van der Waals surface area contributed by atoms with Gasteiger partial charge in [0, 0.05) is 5.56 Å². The smallest absolute Gasteiger partial charge is 0.310 e. The van der Waals surface area contributed by atoms with Crippen molar-refractivity contribution in [1.82, 2.24) is 0 Å². The van der Waals surface area contributed by atoms with E-state index in [1.807, 2.05) is 0 Å². The Morgan fingerprint density at radius 1 is 1.50 bits per heavy atom. The summed E-state index contributed by atoms with van der Waals surface area (Å²) in [6, 6.07) is 3.31. The van der Waals surface area contributed by atoms with Crippen LogP contribution in [0.1, 0.15) is 24.0 Å². The molecule has 16 heavy (non-hydrogen) atoms. The maximum atomic E-state index is 10.9. The molecule has 2 rings (SSSR count). The number of fused-ring (bicyclic) bond motifs is 1. The standard InChI is InChI=1S/C11H12O5/c1-6(11(13)14)7-2-3-9-10(8(7)4-12)16-5-15-9/h2-3,6,12H,4-5H2,1H3,(H,13,14). The quantitative estimate of drug-likeness (QED) is 0.803. The van der Waals surface area contributed by atoms with Gasteiger partial charge in [0.05, 0.1) is 12.5 Å². The molecule has 86 valence electrons. The van der Waals surface area contributed by atoms with E-state index in [0.29, 0.717) is 22.6 Å². The molecule has 1 unspecified atom stereocenters. The summed E-state index contributed by atoms with van der Waals surface area (Å²) in [7, 11) is 0. The van der Waals surface area contributed by atoms with Gasteiger partial charge in [-0.2, -0.15) is 0 Å². The zero-order chi connectivity index (χ0) is 11.7. The van der Waals surface area contributed by atoms with E-state index >= 15 is 0 Å². The molecule has 1 aliphatic rings. The van der Waals surface area contributed by atoms with Crippen LogP contribution in [0.5, 0.6) is 11.5 Å². The second-order valence-electron chi connectivity index (χ2n) is 3.59. The Morgan fingerprint density at radius 3 is 2.88 bits per heavy atom. The average molecular weight is 224 g/mol. The van der Waals surface area contributed by atoms with Crippen molar-refractivity contribution < 1.29 is 24.5 Å². The third-order valence-corrected chi connectivity index (χ3v) is 2.67. The van der Waals surface area contributed by atoms with Crippen LogP contribution in [0.2, 0.25) is 0 Å². The van der Waals surface area contributed by atoms with Gasteiger partial charge in [0.25, 0.3) is 0 Å². The van der Waals surface area contributed by atoms with Crippen molar-refractivity contribution >= 4 is 5.97 Å². The van der Waals surface area contributed by atoms with Crippen molar-refractivity contribution in [2.45, 2.75) is 19.4 Å². The molecule has 1 aliphatic heterocycles. The predicted molar refractivity (Wildman–Crippen MR) is 54.5 cm³/mol. The summed E-state index contributed by atoms with van der Waals surface area (Å²) in [6.07, 6.45) is 0. The summed E-state index contributed by atoms with van der Waals surface area (Å²) >= 11 is 0. The third kappa shape index (κ3) is 1.59. The molecule has 1 atom stereocenters. The molecule has 0 aromatic heterocycles. The van der Waals surface area contributed by atoms with Gasteiger partial charge < -0.3 is 19.7 Å². The predicted octanol–water partition coefficient (Wildman–Crippen LogP) is 1.10. The largest absolute Gasteiger partial charge is 0.481 e. The number of hydrogen-bond donors (Lipinski definition) is 2. The summed E-state index contributed by atoms with van der Waals surface area (Å²) in [6.45, 7) is 1.41. The number of aliphatic hydroxyl groups is 1. The molecule has 0 fully saturated rings. The lowest BCUT2D eigenvalue weighted by Gasteiger charge is -2.13. The van der Waals surface area contributed by atoms with Gasteiger partial charge in [-0.3, -0.25) is 4.79 Å². The first-order chi connectivity index (χ1) is 7.65. The number of ether oxygens (including phenoxy) is 2. The van der Waals surface area contributed by atoms with Crippen LogP contribution in [0.25, 0.3) is 0 Å². The van der Waals surface area contributed by atoms with Gasteiger partial charge in [-0.15, -0.1) is 0 Å². The molecule has 1 aromatic carbocycles. The normalized spacial score (nSPS) is 14.9. The number of carbonyl (C=O) groups is 1. The van der Waals surface area contributed by atoms with Gasteiger partial charge in [-0.05, 0) is 18.6 Å². The number of aliphatic hydroxyl groups excluding tert-OH is 1. The van der Waals surface area contributed by atoms with Crippen molar-refractivity contribution in [3.8, 4) is 11.5 Å². The summed E-state index contributed by atoms with van der Waals surface area (Å²) in [5, 5.41) is 18.2. The molecule has 0 saturated heterocycles. The van der Waals surface area contributed by atoms with Gasteiger partial charge in [0.1, 0.15) is 0 Å². The van der Waals surface area contributed by atoms with E-state index in [-0.39, 0.29) is 13.4 Å². The SMILES string of the molecule is CC(C(=O)O)c1ccc2c(c1CO)OCO2. The highest BCUT2D eigenvalue weighted by atomic mass is 16.7. The van der Waals surface area contributed by atoms with Crippen molar-refractivity contribution in [2.24, 2.45) is 0 Å². The third-order valence-electron chi connectivity index (χ3n) is 2.67. The molecule has 0 amide bonds. The number of hydrogen-bond acceptors (Lipinski definition) is 4. The van der Waals surface area contributed by atoms with E-state index in [1.165, 1.54) is 0 Å². The van der Waals surface area contributed by atoms with E-state index in [0.717, 1.165) is 0 Å². The molecule has 2 N–H and O–H groups in total. The van der Waals surface area contributed by atoms with Crippen LogP contribution in [-0.2, 0) is 11.4 Å². The number of aliphatic carboxylic acids is 1. The summed E-state index contributed by atoms with van der Waals surface area (Å²) in [5.74, 6) is -0.622. The fourth-order valence-corrected chi connectivity index (χ4v) is 1.75. The van der Waals surface area contributed by atoms with E-state index < -0.39 is 11.9 Å². The van der Waals surface area contributed by atoms with Gasteiger partial charge in [0.15, 0.2) is 11.5 Å². The first kappa shape index (κ1) is 10.8. The first-order valence-electron chi connectivity index (χ1n) is 4.90. The van der Waals surface area contributed by atoms with Gasteiger partial charge >= 0.3 is 5.97 Å². The Kier molecular flexibility index (Phi) is 2.70. The highest BCUT2D eigenvalue weighted by molar-refractivity contribution is 5.77. The highest BCUT2D eigenvalue weighted by Crippen LogP contribution is 2.39. The summed E-state index contributed by atoms with van der Waals surface area (Å²) < 4.78 is 10.4. The maximum absolute atomic E-state index is 10.9. The Balaban J connectivity index is 2.50. The molecular weight excluding hydrogens is 212 g/mol. The molecule has 5 heteroatoms. The van der Waals surface area contributed by atoms with E-state index in [4.69, 9.17) is 14.6 Å². The second kappa shape index (κ2) is 4.02. The number of benzene rings is 1. The number of carboxylic acids is 1. The summed E-state index contributed by atoms with van der Waals surface area (Å²) in [5.41, 5.74) is 1.05. The van der Waals surface area contributed by atoms with Crippen LogP contribution in [0.15, 0.2) is 12.1 Å². The minimum absolute atomic E-state index is 0.104. The maximum Gasteiger partial charge on any atom is 0.310 e. The van der Waals surface area contributed by atoms with Gasteiger partial charge in [0.2, 0.25) is 6.79 Å². The zero-order valence-corrected chi connectivity index (χ0v) is 8.77. The zero-order valence-electron chi connectivity index (χ0n) is 8.77. The van der Waals surface area contributed by atoms with Crippen molar-refractivity contribution in [2.75, 3.05) is 6.79 Å². The highest BCUT2D eigenvalue weighted by Gasteiger charge is 2.25. The number of rotatable bonds is 3. The van der Waals surface area contributed by atoms with E-state index in [1.54, 1.807) is 19.1 Å². The van der Waals surface area contributed by atoms with Crippen LogP contribution in [-0.4, -0.2) is 23.0 Å². The fourth-order valence-electron chi connectivity index (χ4n) is 1.75. The lowest BCUT2D eigenvalue weighted by atomic mass is 9.95. The Hall–Kier alpha value is -1.75. The van der Waals surface area contributed by atoms with Crippen LogP contribution < -0.4 is 9.47 Å². The molecule has 0 saturated carbocycles. The average Bonchev–Trinajstić information content (AvgIpc) is 2.74. The van der Waals surface area contributed by atoms with Crippen molar-refractivity contribution in [3.05, 3.63) is 23.3 Å². The monoisotopic (exact) mass is 224 g/mol. The Morgan fingerprint density at radius 2 is 2.25 bits per heavy atom. The summed E-state index contributed by atoms with van der Waals surface area (Å²) in [4.78, 5) is 10.9. The van der Waals surface area contributed by atoms with Crippen LogP contribution in [0.3, 0.4) is 0 Å². The molecule has 1 aromatic rings. The van der Waals surface area contributed by atoms with Gasteiger partial charge in [-0.1, -0.05) is 6.07 Å². The molecule has 0 aliphatic carbocycles. The molecular formula is C11H12O5. The Bertz CT molecular complexity index is 427. The van der Waals surface area contributed by atoms with Crippen molar-refractivity contribution in [1.29, 1.82) is 0 Å².